The summed E-state index contributed by atoms with van der Waals surface area (Å²) in [6.07, 6.45) is 1.56. The minimum absolute atomic E-state index is 0.128. The quantitative estimate of drug-likeness (QED) is 0.716. The van der Waals surface area contributed by atoms with Crippen LogP contribution in [0.4, 0.5) is 0 Å². The third-order valence-corrected chi connectivity index (χ3v) is 4.63. The Balaban J connectivity index is 2.32. The lowest BCUT2D eigenvalue weighted by Gasteiger charge is -2.16. The number of hydrogen-bond donors (Lipinski definition) is 0. The van der Waals surface area contributed by atoms with E-state index in [-0.39, 0.29) is 5.92 Å². The summed E-state index contributed by atoms with van der Waals surface area (Å²) in [5.74, 6) is 0.621. The first kappa shape index (κ1) is 15.7. The summed E-state index contributed by atoms with van der Waals surface area (Å²) >= 11 is 18.8. The second kappa shape index (κ2) is 6.84. The zero-order chi connectivity index (χ0) is 14.7. The minimum atomic E-state index is 0.128. The van der Waals surface area contributed by atoms with Crippen LogP contribution in [0.3, 0.4) is 0 Å². The molecule has 20 heavy (non-hydrogen) atoms. The van der Waals surface area contributed by atoms with E-state index in [1.54, 1.807) is 0 Å². The Hall–Kier alpha value is -0.700. The first-order chi connectivity index (χ1) is 9.58. The largest absolute Gasteiger partial charge is 0.271 e. The van der Waals surface area contributed by atoms with Gasteiger partial charge in [0.1, 0.15) is 0 Å². The lowest BCUT2D eigenvalue weighted by Crippen LogP contribution is -2.09. The molecule has 2 rings (SSSR count). The predicted molar refractivity (Wildman–Crippen MR) is 86.2 cm³/mol. The first-order valence-electron chi connectivity index (χ1n) is 6.59. The highest BCUT2D eigenvalue weighted by Gasteiger charge is 2.20. The summed E-state index contributed by atoms with van der Waals surface area (Å²) in [6.45, 7) is 2.05. The fourth-order valence-electron chi connectivity index (χ4n) is 2.33. The van der Waals surface area contributed by atoms with Gasteiger partial charge in [0.25, 0.3) is 0 Å². The molecule has 0 bridgehead atoms. The van der Waals surface area contributed by atoms with Crippen LogP contribution in [0.1, 0.15) is 29.8 Å². The maximum absolute atomic E-state index is 6.40. The van der Waals surface area contributed by atoms with Crippen molar-refractivity contribution in [3.05, 3.63) is 51.3 Å². The zero-order valence-electron chi connectivity index (χ0n) is 11.5. The molecule has 0 fully saturated rings. The van der Waals surface area contributed by atoms with E-state index in [0.717, 1.165) is 39.8 Å². The summed E-state index contributed by atoms with van der Waals surface area (Å²) in [5.41, 5.74) is 2.99. The van der Waals surface area contributed by atoms with Gasteiger partial charge in [0.15, 0.2) is 0 Å². The van der Waals surface area contributed by atoms with E-state index < -0.39 is 0 Å². The Morgan fingerprint density at radius 1 is 1.25 bits per heavy atom. The van der Waals surface area contributed by atoms with Gasteiger partial charge in [0.05, 0.1) is 16.4 Å². The van der Waals surface area contributed by atoms with Gasteiger partial charge in [0, 0.05) is 23.9 Å². The zero-order valence-corrected chi connectivity index (χ0v) is 13.8. The Bertz CT molecular complexity index is 593. The smallest absolute Gasteiger partial charge is 0.0849 e. The number of nitrogens with zero attached hydrogens (tertiary/aromatic N) is 2. The number of benzene rings is 1. The van der Waals surface area contributed by atoms with Crippen molar-refractivity contribution >= 4 is 34.8 Å². The molecule has 1 aromatic carbocycles. The second-order valence-electron chi connectivity index (χ2n) is 4.76. The van der Waals surface area contributed by atoms with Gasteiger partial charge in [0.2, 0.25) is 0 Å². The Labute approximate surface area is 134 Å². The van der Waals surface area contributed by atoms with E-state index in [1.165, 1.54) is 0 Å². The van der Waals surface area contributed by atoms with Crippen molar-refractivity contribution in [2.75, 3.05) is 5.88 Å². The number of halogens is 3. The van der Waals surface area contributed by atoms with Crippen LogP contribution in [-0.2, 0) is 19.9 Å². The van der Waals surface area contributed by atoms with E-state index in [1.807, 2.05) is 42.9 Å². The van der Waals surface area contributed by atoms with Crippen molar-refractivity contribution in [1.82, 2.24) is 9.78 Å². The molecule has 108 valence electrons. The van der Waals surface area contributed by atoms with Gasteiger partial charge in [-0.1, -0.05) is 48.3 Å². The lowest BCUT2D eigenvalue weighted by molar-refractivity contribution is 0.655. The van der Waals surface area contributed by atoms with Crippen LogP contribution in [-0.4, -0.2) is 15.7 Å². The Kier molecular flexibility index (Phi) is 5.36. The SMILES string of the molecule is CCc1nn(C)c(CC(CCl)c2ccccc2Cl)c1Cl. The number of hydrogen-bond acceptors (Lipinski definition) is 1. The fourth-order valence-corrected chi connectivity index (χ4v) is 3.27. The number of aryl methyl sites for hydroxylation is 2. The van der Waals surface area contributed by atoms with Crippen LogP contribution in [0.25, 0.3) is 0 Å². The molecule has 1 atom stereocenters. The summed E-state index contributed by atoms with van der Waals surface area (Å²) in [4.78, 5) is 0. The van der Waals surface area contributed by atoms with Crippen LogP contribution in [0.2, 0.25) is 10.0 Å². The molecule has 0 aliphatic carbocycles. The van der Waals surface area contributed by atoms with Gasteiger partial charge in [-0.15, -0.1) is 11.6 Å². The predicted octanol–water partition coefficient (Wildman–Crippen LogP) is 4.85. The average Bonchev–Trinajstić information content (AvgIpc) is 2.72. The van der Waals surface area contributed by atoms with Gasteiger partial charge in [-0.25, -0.2) is 0 Å². The number of rotatable bonds is 5. The molecule has 5 heteroatoms. The summed E-state index contributed by atoms with van der Waals surface area (Å²) in [6, 6.07) is 7.80. The summed E-state index contributed by atoms with van der Waals surface area (Å²) in [7, 11) is 1.91. The molecule has 1 heterocycles. The lowest BCUT2D eigenvalue weighted by atomic mass is 9.95. The van der Waals surface area contributed by atoms with Gasteiger partial charge in [-0.05, 0) is 24.5 Å². The summed E-state index contributed by atoms with van der Waals surface area (Å²) in [5, 5.41) is 5.93. The molecule has 0 spiro atoms. The van der Waals surface area contributed by atoms with E-state index in [9.17, 15) is 0 Å². The molecule has 0 N–H and O–H groups in total. The molecule has 2 aromatic rings. The molecule has 0 aliphatic heterocycles. The Morgan fingerprint density at radius 2 is 1.95 bits per heavy atom. The van der Waals surface area contributed by atoms with Gasteiger partial charge in [-0.3, -0.25) is 4.68 Å². The van der Waals surface area contributed by atoms with Gasteiger partial charge >= 0.3 is 0 Å². The Morgan fingerprint density at radius 3 is 2.50 bits per heavy atom. The van der Waals surface area contributed by atoms with E-state index >= 15 is 0 Å². The first-order valence-corrected chi connectivity index (χ1v) is 7.88. The normalized spacial score (nSPS) is 12.7. The van der Waals surface area contributed by atoms with Crippen LogP contribution in [0.5, 0.6) is 0 Å². The molecular formula is C15H17Cl3N2. The van der Waals surface area contributed by atoms with Gasteiger partial charge < -0.3 is 0 Å². The molecule has 0 saturated heterocycles. The van der Waals surface area contributed by atoms with Crippen molar-refractivity contribution in [3.63, 3.8) is 0 Å². The van der Waals surface area contributed by atoms with Crippen molar-refractivity contribution in [2.45, 2.75) is 25.7 Å². The third kappa shape index (κ3) is 3.13. The molecule has 1 aromatic heterocycles. The molecule has 0 aliphatic rings. The van der Waals surface area contributed by atoms with Gasteiger partial charge in [-0.2, -0.15) is 5.10 Å². The summed E-state index contributed by atoms with van der Waals surface area (Å²) < 4.78 is 1.84. The number of aromatic nitrogens is 2. The topological polar surface area (TPSA) is 17.8 Å². The van der Waals surface area contributed by atoms with E-state index in [0.29, 0.717) is 5.88 Å². The molecule has 0 amide bonds. The van der Waals surface area contributed by atoms with Crippen molar-refractivity contribution < 1.29 is 0 Å². The maximum atomic E-state index is 6.40. The highest BCUT2D eigenvalue weighted by atomic mass is 35.5. The average molecular weight is 332 g/mol. The molecular weight excluding hydrogens is 315 g/mol. The highest BCUT2D eigenvalue weighted by molar-refractivity contribution is 6.32. The van der Waals surface area contributed by atoms with Crippen molar-refractivity contribution in [3.8, 4) is 0 Å². The van der Waals surface area contributed by atoms with E-state index in [2.05, 4.69) is 5.10 Å². The van der Waals surface area contributed by atoms with Crippen LogP contribution in [0, 0.1) is 0 Å². The van der Waals surface area contributed by atoms with E-state index in [4.69, 9.17) is 34.8 Å². The molecule has 0 radical (unpaired) electrons. The third-order valence-electron chi connectivity index (χ3n) is 3.47. The molecule has 0 saturated carbocycles. The fraction of sp³-hybridized carbons (Fsp3) is 0.400. The number of alkyl halides is 1. The molecule has 1 unspecified atom stereocenters. The van der Waals surface area contributed by atoms with Crippen LogP contribution < -0.4 is 0 Å². The van der Waals surface area contributed by atoms with Crippen molar-refractivity contribution in [2.24, 2.45) is 7.05 Å². The van der Waals surface area contributed by atoms with Crippen LogP contribution >= 0.6 is 34.8 Å². The second-order valence-corrected chi connectivity index (χ2v) is 5.86. The van der Waals surface area contributed by atoms with Crippen LogP contribution in [0.15, 0.2) is 24.3 Å². The monoisotopic (exact) mass is 330 g/mol. The van der Waals surface area contributed by atoms with Crippen molar-refractivity contribution in [1.29, 1.82) is 0 Å². The highest BCUT2D eigenvalue weighted by Crippen LogP contribution is 2.31. The maximum Gasteiger partial charge on any atom is 0.0849 e. The molecule has 2 nitrogen and oxygen atoms in total. The minimum Gasteiger partial charge on any atom is -0.271 e. The standard InChI is InChI=1S/C15H17Cl3N2/c1-3-13-15(18)14(20(2)19-13)8-10(9-16)11-6-4-5-7-12(11)17/h4-7,10H,3,8-9H2,1-2H3.